The van der Waals surface area contributed by atoms with E-state index in [1.165, 1.54) is 11.1 Å². The number of ether oxygens (including phenoxy) is 1. The predicted octanol–water partition coefficient (Wildman–Crippen LogP) is 1.83. The van der Waals surface area contributed by atoms with Crippen LogP contribution in [0.5, 0.6) is 5.75 Å². The summed E-state index contributed by atoms with van der Waals surface area (Å²) in [5.74, 6) is 1.28. The molecule has 3 nitrogen and oxygen atoms in total. The summed E-state index contributed by atoms with van der Waals surface area (Å²) in [6.45, 7) is 1.87. The van der Waals surface area contributed by atoms with Crippen LogP contribution in [-0.4, -0.2) is 26.0 Å². The molecule has 1 spiro atoms. The number of carbonyl (C=O) groups is 1. The maximum Gasteiger partial charge on any atom is 0.143 e. The van der Waals surface area contributed by atoms with E-state index in [-0.39, 0.29) is 5.41 Å². The van der Waals surface area contributed by atoms with Crippen molar-refractivity contribution in [1.29, 1.82) is 0 Å². The first-order valence-electron chi connectivity index (χ1n) is 6.68. The standard InChI is InChI=1S/C15H19NO2/c1-18-12-4-2-11-3-5-14(17)15(13(11)10-12)6-8-16-9-7-15/h2,4,10,16H,3,5-9H2,1H3. The highest BCUT2D eigenvalue weighted by Gasteiger charge is 2.44. The Morgan fingerprint density at radius 3 is 2.72 bits per heavy atom. The van der Waals surface area contributed by atoms with Gasteiger partial charge in [-0.05, 0) is 55.6 Å². The predicted molar refractivity (Wildman–Crippen MR) is 70.1 cm³/mol. The van der Waals surface area contributed by atoms with Crippen LogP contribution < -0.4 is 10.1 Å². The van der Waals surface area contributed by atoms with Gasteiger partial charge in [0, 0.05) is 6.42 Å². The lowest BCUT2D eigenvalue weighted by Crippen LogP contribution is -2.48. The van der Waals surface area contributed by atoms with Gasteiger partial charge in [0.2, 0.25) is 0 Å². The van der Waals surface area contributed by atoms with Gasteiger partial charge < -0.3 is 10.1 Å². The molecular formula is C15H19NO2. The lowest BCUT2D eigenvalue weighted by Gasteiger charge is -2.41. The van der Waals surface area contributed by atoms with Crippen LogP contribution in [-0.2, 0) is 16.6 Å². The molecule has 1 aromatic carbocycles. The topological polar surface area (TPSA) is 38.3 Å². The molecule has 1 aliphatic heterocycles. The molecule has 18 heavy (non-hydrogen) atoms. The summed E-state index contributed by atoms with van der Waals surface area (Å²) in [5, 5.41) is 3.35. The number of methoxy groups -OCH3 is 1. The first-order valence-corrected chi connectivity index (χ1v) is 6.68. The van der Waals surface area contributed by atoms with Crippen LogP contribution in [0.25, 0.3) is 0 Å². The second-order valence-electron chi connectivity index (χ2n) is 5.28. The molecule has 96 valence electrons. The van der Waals surface area contributed by atoms with E-state index in [9.17, 15) is 4.79 Å². The molecule has 2 aliphatic rings. The maximum atomic E-state index is 12.5. The number of fused-ring (bicyclic) bond motifs is 2. The number of hydrogen-bond donors (Lipinski definition) is 1. The molecule has 0 saturated carbocycles. The average molecular weight is 245 g/mol. The lowest BCUT2D eigenvalue weighted by molar-refractivity contribution is -0.126. The van der Waals surface area contributed by atoms with E-state index in [0.29, 0.717) is 12.2 Å². The van der Waals surface area contributed by atoms with Crippen LogP contribution in [0, 0.1) is 0 Å². The Kier molecular flexibility index (Phi) is 2.86. The summed E-state index contributed by atoms with van der Waals surface area (Å²) in [7, 11) is 1.68. The molecule has 0 unspecified atom stereocenters. The quantitative estimate of drug-likeness (QED) is 0.820. The summed E-state index contributed by atoms with van der Waals surface area (Å²) in [6, 6.07) is 6.21. The van der Waals surface area contributed by atoms with Gasteiger partial charge in [-0.15, -0.1) is 0 Å². The zero-order valence-corrected chi connectivity index (χ0v) is 10.8. The van der Waals surface area contributed by atoms with Crippen molar-refractivity contribution >= 4 is 5.78 Å². The fourth-order valence-corrected chi connectivity index (χ4v) is 3.39. The molecule has 1 fully saturated rings. The van der Waals surface area contributed by atoms with Gasteiger partial charge in [0.25, 0.3) is 0 Å². The number of piperidine rings is 1. The second kappa shape index (κ2) is 4.39. The van der Waals surface area contributed by atoms with Gasteiger partial charge >= 0.3 is 0 Å². The number of nitrogens with one attached hydrogen (secondary N) is 1. The average Bonchev–Trinajstić information content (AvgIpc) is 2.44. The highest BCUT2D eigenvalue weighted by Crippen LogP contribution is 2.42. The minimum Gasteiger partial charge on any atom is -0.497 e. The normalized spacial score (nSPS) is 21.7. The van der Waals surface area contributed by atoms with Gasteiger partial charge in [0.05, 0.1) is 12.5 Å². The SMILES string of the molecule is COc1ccc2c(c1)C1(CCNCC1)C(=O)CC2. The highest BCUT2D eigenvalue weighted by atomic mass is 16.5. The summed E-state index contributed by atoms with van der Waals surface area (Å²) >= 11 is 0. The van der Waals surface area contributed by atoms with Crippen molar-refractivity contribution in [3.63, 3.8) is 0 Å². The molecule has 3 rings (SSSR count). The number of benzene rings is 1. The van der Waals surface area contributed by atoms with E-state index in [0.717, 1.165) is 38.1 Å². The van der Waals surface area contributed by atoms with E-state index in [1.807, 2.05) is 6.07 Å². The zero-order chi connectivity index (χ0) is 12.6. The van der Waals surface area contributed by atoms with Crippen LogP contribution in [0.2, 0.25) is 0 Å². The first kappa shape index (κ1) is 11.7. The minimum absolute atomic E-state index is 0.243. The number of Topliss-reactive ketones (excluding diaryl/α,β-unsaturated/α-hetero) is 1. The smallest absolute Gasteiger partial charge is 0.143 e. The summed E-state index contributed by atoms with van der Waals surface area (Å²) in [4.78, 5) is 12.5. The summed E-state index contributed by atoms with van der Waals surface area (Å²) in [6.07, 6.45) is 3.42. The van der Waals surface area contributed by atoms with E-state index in [2.05, 4.69) is 17.4 Å². The van der Waals surface area contributed by atoms with Crippen LogP contribution in [0.4, 0.5) is 0 Å². The number of aryl methyl sites for hydroxylation is 1. The van der Waals surface area contributed by atoms with Gasteiger partial charge in [-0.1, -0.05) is 6.07 Å². The number of ketones is 1. The van der Waals surface area contributed by atoms with Gasteiger partial charge in [-0.3, -0.25) is 4.79 Å². The zero-order valence-electron chi connectivity index (χ0n) is 10.8. The second-order valence-corrected chi connectivity index (χ2v) is 5.28. The fraction of sp³-hybridized carbons (Fsp3) is 0.533. The molecule has 1 saturated heterocycles. The number of hydrogen-bond acceptors (Lipinski definition) is 3. The van der Waals surface area contributed by atoms with Gasteiger partial charge in [0.15, 0.2) is 0 Å². The molecule has 1 aromatic rings. The van der Waals surface area contributed by atoms with Crippen LogP contribution >= 0.6 is 0 Å². The van der Waals surface area contributed by atoms with Gasteiger partial charge in [0.1, 0.15) is 11.5 Å². The molecule has 1 aliphatic carbocycles. The largest absolute Gasteiger partial charge is 0.497 e. The number of carbonyl (C=O) groups excluding carboxylic acids is 1. The van der Waals surface area contributed by atoms with E-state index >= 15 is 0 Å². The van der Waals surface area contributed by atoms with Crippen molar-refractivity contribution in [3.05, 3.63) is 29.3 Å². The Bertz CT molecular complexity index is 475. The minimum atomic E-state index is -0.243. The molecule has 0 atom stereocenters. The molecule has 0 amide bonds. The molecule has 0 bridgehead atoms. The maximum absolute atomic E-state index is 12.5. The Balaban J connectivity index is 2.12. The molecule has 1 N–H and O–H groups in total. The van der Waals surface area contributed by atoms with Crippen molar-refractivity contribution in [2.45, 2.75) is 31.1 Å². The van der Waals surface area contributed by atoms with Gasteiger partial charge in [-0.2, -0.15) is 0 Å². The van der Waals surface area contributed by atoms with Gasteiger partial charge in [-0.25, -0.2) is 0 Å². The summed E-state index contributed by atoms with van der Waals surface area (Å²) < 4.78 is 5.32. The molecule has 0 aromatic heterocycles. The van der Waals surface area contributed by atoms with E-state index < -0.39 is 0 Å². The van der Waals surface area contributed by atoms with Crippen molar-refractivity contribution in [2.24, 2.45) is 0 Å². The highest BCUT2D eigenvalue weighted by molar-refractivity contribution is 5.92. The van der Waals surface area contributed by atoms with E-state index in [1.54, 1.807) is 7.11 Å². The monoisotopic (exact) mass is 245 g/mol. The summed E-state index contributed by atoms with van der Waals surface area (Å²) in [5.41, 5.74) is 2.31. The Morgan fingerprint density at radius 1 is 1.22 bits per heavy atom. The van der Waals surface area contributed by atoms with E-state index in [4.69, 9.17) is 4.74 Å². The Labute approximate surface area is 108 Å². The fourth-order valence-electron chi connectivity index (χ4n) is 3.39. The van der Waals surface area contributed by atoms with Crippen molar-refractivity contribution in [3.8, 4) is 5.75 Å². The third kappa shape index (κ3) is 1.65. The third-order valence-corrected chi connectivity index (χ3v) is 4.44. The van der Waals surface area contributed by atoms with Crippen LogP contribution in [0.1, 0.15) is 30.4 Å². The van der Waals surface area contributed by atoms with Crippen molar-refractivity contribution in [2.75, 3.05) is 20.2 Å². The van der Waals surface area contributed by atoms with Crippen LogP contribution in [0.15, 0.2) is 18.2 Å². The molecule has 3 heteroatoms. The lowest BCUT2D eigenvalue weighted by atomic mass is 9.64. The van der Waals surface area contributed by atoms with Crippen molar-refractivity contribution in [1.82, 2.24) is 5.32 Å². The number of rotatable bonds is 1. The third-order valence-electron chi connectivity index (χ3n) is 4.44. The Morgan fingerprint density at radius 2 is 2.00 bits per heavy atom. The molecular weight excluding hydrogens is 226 g/mol. The first-order chi connectivity index (χ1) is 8.76. The van der Waals surface area contributed by atoms with Crippen molar-refractivity contribution < 1.29 is 9.53 Å². The van der Waals surface area contributed by atoms with Crippen LogP contribution in [0.3, 0.4) is 0 Å². The molecule has 1 heterocycles. The molecule has 0 radical (unpaired) electrons. The Hall–Kier alpha value is -1.35.